The minimum atomic E-state index is -1.10. The fourth-order valence-corrected chi connectivity index (χ4v) is 2.80. The Morgan fingerprint density at radius 3 is 2.38 bits per heavy atom. The van der Waals surface area contributed by atoms with Crippen molar-refractivity contribution in [1.29, 1.82) is 0 Å². The average Bonchev–Trinajstić information content (AvgIpc) is 2.67. The van der Waals surface area contributed by atoms with Gasteiger partial charge in [0.2, 0.25) is 0 Å². The number of fused-ring (bicyclic) bond motifs is 1. The summed E-state index contributed by atoms with van der Waals surface area (Å²) in [6.07, 6.45) is -0.571. The highest BCUT2D eigenvalue weighted by Gasteiger charge is 2.22. The van der Waals surface area contributed by atoms with Crippen LogP contribution in [0.25, 0.3) is 10.8 Å². The summed E-state index contributed by atoms with van der Waals surface area (Å²) in [7, 11) is 0. The highest BCUT2D eigenvalue weighted by Crippen LogP contribution is 2.20. The quantitative estimate of drug-likeness (QED) is 0.710. The third-order valence-electron chi connectivity index (χ3n) is 4.11. The van der Waals surface area contributed by atoms with Gasteiger partial charge in [-0.05, 0) is 21.9 Å². The summed E-state index contributed by atoms with van der Waals surface area (Å²) >= 11 is 0. The summed E-state index contributed by atoms with van der Waals surface area (Å²) < 4.78 is 5.12. The Balaban J connectivity index is 1.67. The molecule has 0 fully saturated rings. The van der Waals surface area contributed by atoms with E-state index in [9.17, 15) is 14.7 Å². The number of benzene rings is 3. The van der Waals surface area contributed by atoms with Gasteiger partial charge in [0.05, 0.1) is 0 Å². The second kappa shape index (κ2) is 8.16. The van der Waals surface area contributed by atoms with Crippen molar-refractivity contribution < 1.29 is 19.4 Å². The van der Waals surface area contributed by atoms with Gasteiger partial charge in [-0.3, -0.25) is 0 Å². The first-order valence-corrected chi connectivity index (χ1v) is 8.30. The van der Waals surface area contributed by atoms with Crippen molar-refractivity contribution in [1.82, 2.24) is 5.32 Å². The van der Waals surface area contributed by atoms with E-state index in [4.69, 9.17) is 4.74 Å². The van der Waals surface area contributed by atoms with Crippen LogP contribution >= 0.6 is 0 Å². The van der Waals surface area contributed by atoms with Crippen LogP contribution in [0.2, 0.25) is 0 Å². The number of amides is 1. The van der Waals surface area contributed by atoms with Gasteiger partial charge in [-0.15, -0.1) is 0 Å². The molecule has 5 nitrogen and oxygen atoms in total. The molecule has 0 aliphatic carbocycles. The molecule has 2 N–H and O–H groups in total. The number of hydrogen-bond donors (Lipinski definition) is 2. The molecule has 3 aromatic rings. The van der Waals surface area contributed by atoms with Crippen LogP contribution in [0, 0.1) is 0 Å². The van der Waals surface area contributed by atoms with Crippen molar-refractivity contribution in [3.05, 3.63) is 83.9 Å². The summed E-state index contributed by atoms with van der Waals surface area (Å²) in [5.74, 6) is -1.10. The zero-order valence-electron chi connectivity index (χ0n) is 14.1. The van der Waals surface area contributed by atoms with Gasteiger partial charge in [-0.1, -0.05) is 72.8 Å². The predicted octanol–water partition coefficient (Wildman–Crippen LogP) is 3.76. The Bertz CT molecular complexity index is 903. The number of aliphatic carboxylic acids is 1. The van der Waals surface area contributed by atoms with Gasteiger partial charge in [0, 0.05) is 6.42 Å². The van der Waals surface area contributed by atoms with E-state index in [2.05, 4.69) is 5.32 Å². The van der Waals surface area contributed by atoms with E-state index >= 15 is 0 Å². The maximum atomic E-state index is 12.0. The molecule has 1 atom stereocenters. The minimum absolute atomic E-state index is 0.0906. The van der Waals surface area contributed by atoms with Gasteiger partial charge in [0.1, 0.15) is 12.6 Å². The third-order valence-corrected chi connectivity index (χ3v) is 4.11. The van der Waals surface area contributed by atoms with Crippen LogP contribution in [-0.2, 0) is 22.6 Å². The largest absolute Gasteiger partial charge is 0.480 e. The fraction of sp³-hybridized carbons (Fsp3) is 0.143. The maximum absolute atomic E-state index is 12.0. The lowest BCUT2D eigenvalue weighted by Crippen LogP contribution is -2.42. The highest BCUT2D eigenvalue weighted by atomic mass is 16.5. The van der Waals surface area contributed by atoms with Crippen molar-refractivity contribution in [3.8, 4) is 0 Å². The molecule has 0 spiro atoms. The molecule has 0 saturated carbocycles. The molecule has 5 heteroatoms. The van der Waals surface area contributed by atoms with E-state index in [1.807, 2.05) is 72.8 Å². The second-order valence-electron chi connectivity index (χ2n) is 5.94. The Morgan fingerprint density at radius 2 is 1.62 bits per heavy atom. The first kappa shape index (κ1) is 17.5. The molecule has 0 aliphatic rings. The zero-order valence-corrected chi connectivity index (χ0v) is 14.1. The lowest BCUT2D eigenvalue weighted by molar-refractivity contribution is -0.139. The Labute approximate surface area is 151 Å². The SMILES string of the molecule is O=C(N[C@H](Cc1cccc2ccccc12)C(=O)O)OCc1ccccc1. The van der Waals surface area contributed by atoms with Crippen LogP contribution in [0.5, 0.6) is 0 Å². The summed E-state index contributed by atoms with van der Waals surface area (Å²) in [5.41, 5.74) is 1.70. The lowest BCUT2D eigenvalue weighted by atomic mass is 9.99. The topological polar surface area (TPSA) is 75.6 Å². The number of carbonyl (C=O) groups excluding carboxylic acids is 1. The van der Waals surface area contributed by atoms with E-state index in [0.717, 1.165) is 21.9 Å². The molecule has 132 valence electrons. The number of rotatable bonds is 6. The van der Waals surface area contributed by atoms with Gasteiger partial charge < -0.3 is 15.2 Å². The average molecular weight is 349 g/mol. The molecule has 3 aromatic carbocycles. The van der Waals surface area contributed by atoms with Crippen molar-refractivity contribution in [3.63, 3.8) is 0 Å². The van der Waals surface area contributed by atoms with Crippen LogP contribution < -0.4 is 5.32 Å². The van der Waals surface area contributed by atoms with Crippen molar-refractivity contribution in [2.45, 2.75) is 19.1 Å². The van der Waals surface area contributed by atoms with Crippen molar-refractivity contribution >= 4 is 22.8 Å². The normalized spacial score (nSPS) is 11.7. The van der Waals surface area contributed by atoms with Gasteiger partial charge in [0.15, 0.2) is 0 Å². The monoisotopic (exact) mass is 349 g/mol. The van der Waals surface area contributed by atoms with E-state index in [1.54, 1.807) is 0 Å². The molecule has 0 radical (unpaired) electrons. The summed E-state index contributed by atoms with van der Waals surface area (Å²) in [5, 5.41) is 13.9. The predicted molar refractivity (Wildman–Crippen MR) is 98.8 cm³/mol. The second-order valence-corrected chi connectivity index (χ2v) is 5.94. The van der Waals surface area contributed by atoms with Crippen LogP contribution in [-0.4, -0.2) is 23.2 Å². The highest BCUT2D eigenvalue weighted by molar-refractivity contribution is 5.87. The van der Waals surface area contributed by atoms with E-state index < -0.39 is 18.1 Å². The van der Waals surface area contributed by atoms with Gasteiger partial charge in [-0.25, -0.2) is 9.59 Å². The molecule has 0 heterocycles. The van der Waals surface area contributed by atoms with Crippen LogP contribution in [0.4, 0.5) is 4.79 Å². The molecule has 0 saturated heterocycles. The molecule has 0 aliphatic heterocycles. The summed E-state index contributed by atoms with van der Waals surface area (Å²) in [6.45, 7) is 0.0906. The van der Waals surface area contributed by atoms with Gasteiger partial charge in [0.25, 0.3) is 0 Å². The number of carboxylic acids is 1. The number of ether oxygens (including phenoxy) is 1. The smallest absolute Gasteiger partial charge is 0.408 e. The fourth-order valence-electron chi connectivity index (χ4n) is 2.80. The van der Waals surface area contributed by atoms with Gasteiger partial charge >= 0.3 is 12.1 Å². The number of carboxylic acid groups (broad SMARTS) is 1. The zero-order chi connectivity index (χ0) is 18.4. The Kier molecular flexibility index (Phi) is 5.49. The van der Waals surface area contributed by atoms with E-state index in [1.165, 1.54) is 0 Å². The number of hydrogen-bond acceptors (Lipinski definition) is 3. The van der Waals surface area contributed by atoms with E-state index in [0.29, 0.717) is 0 Å². The van der Waals surface area contributed by atoms with E-state index in [-0.39, 0.29) is 13.0 Å². The molecular weight excluding hydrogens is 330 g/mol. The number of carbonyl (C=O) groups is 2. The first-order valence-electron chi connectivity index (χ1n) is 8.30. The number of alkyl carbamates (subject to hydrolysis) is 1. The van der Waals surface area contributed by atoms with Crippen molar-refractivity contribution in [2.75, 3.05) is 0 Å². The summed E-state index contributed by atoms with van der Waals surface area (Å²) in [6, 6.07) is 21.6. The molecule has 0 unspecified atom stereocenters. The minimum Gasteiger partial charge on any atom is -0.480 e. The molecule has 0 aromatic heterocycles. The first-order chi connectivity index (χ1) is 12.6. The molecular formula is C21H19NO4. The van der Waals surface area contributed by atoms with Gasteiger partial charge in [-0.2, -0.15) is 0 Å². The maximum Gasteiger partial charge on any atom is 0.408 e. The summed E-state index contributed by atoms with van der Waals surface area (Å²) in [4.78, 5) is 23.6. The van der Waals surface area contributed by atoms with Crippen LogP contribution in [0.3, 0.4) is 0 Å². The molecule has 0 bridgehead atoms. The Hall–Kier alpha value is -3.34. The lowest BCUT2D eigenvalue weighted by Gasteiger charge is -2.16. The molecule has 1 amide bonds. The molecule has 3 rings (SSSR count). The molecule has 26 heavy (non-hydrogen) atoms. The van der Waals surface area contributed by atoms with Crippen molar-refractivity contribution in [2.24, 2.45) is 0 Å². The van der Waals surface area contributed by atoms with Crippen LogP contribution in [0.1, 0.15) is 11.1 Å². The standard InChI is InChI=1S/C21H19NO4/c23-20(24)19(22-21(25)26-14-15-7-2-1-3-8-15)13-17-11-6-10-16-9-4-5-12-18(16)17/h1-12,19H,13-14H2,(H,22,25)(H,23,24)/t19-/m1/s1. The Morgan fingerprint density at radius 1 is 0.923 bits per heavy atom. The third kappa shape index (κ3) is 4.39. The number of nitrogens with one attached hydrogen (secondary N) is 1. The van der Waals surface area contributed by atoms with Crippen LogP contribution in [0.15, 0.2) is 72.8 Å².